The van der Waals surface area contributed by atoms with E-state index >= 15 is 0 Å². The molecule has 0 aromatic carbocycles. The Labute approximate surface area is 98.7 Å². The van der Waals surface area contributed by atoms with Crippen molar-refractivity contribution in [3.63, 3.8) is 0 Å². The van der Waals surface area contributed by atoms with Gasteiger partial charge in [0.15, 0.2) is 0 Å². The Morgan fingerprint density at radius 2 is 1.88 bits per heavy atom. The summed E-state index contributed by atoms with van der Waals surface area (Å²) in [5.74, 6) is 0.658. The van der Waals surface area contributed by atoms with Gasteiger partial charge in [-0.3, -0.25) is 4.79 Å². The Kier molecular flexibility index (Phi) is 3.82. The summed E-state index contributed by atoms with van der Waals surface area (Å²) in [5, 5.41) is 9.46. The number of hydrogen-bond acceptors (Lipinski definition) is 1. The number of allylic oxidation sites excluding steroid dienone is 2. The van der Waals surface area contributed by atoms with Crippen molar-refractivity contribution in [3.05, 3.63) is 11.6 Å². The average molecular weight is 224 g/mol. The van der Waals surface area contributed by atoms with Crippen LogP contribution in [0.15, 0.2) is 11.6 Å². The number of hydrogen-bond donors (Lipinski definition) is 1. The second kappa shape index (κ2) is 4.60. The summed E-state index contributed by atoms with van der Waals surface area (Å²) < 4.78 is 0. The minimum absolute atomic E-state index is 0.182. The second-order valence-corrected chi connectivity index (χ2v) is 5.97. The number of rotatable bonds is 2. The van der Waals surface area contributed by atoms with E-state index in [2.05, 4.69) is 19.9 Å². The molecule has 0 heterocycles. The average Bonchev–Trinajstić information content (AvgIpc) is 2.13. The van der Waals surface area contributed by atoms with Crippen LogP contribution in [0.1, 0.15) is 47.5 Å². The van der Waals surface area contributed by atoms with Gasteiger partial charge < -0.3 is 5.11 Å². The fourth-order valence-electron chi connectivity index (χ4n) is 2.81. The lowest BCUT2D eigenvalue weighted by Gasteiger charge is -2.43. The van der Waals surface area contributed by atoms with Gasteiger partial charge in [-0.05, 0) is 51.4 Å². The van der Waals surface area contributed by atoms with Crippen molar-refractivity contribution < 1.29 is 9.90 Å². The van der Waals surface area contributed by atoms with Crippen molar-refractivity contribution in [2.24, 2.45) is 23.2 Å². The van der Waals surface area contributed by atoms with Crippen LogP contribution < -0.4 is 0 Å². The molecule has 4 unspecified atom stereocenters. The van der Waals surface area contributed by atoms with E-state index in [1.807, 2.05) is 20.8 Å². The van der Waals surface area contributed by atoms with Crippen LogP contribution in [-0.4, -0.2) is 11.1 Å². The Balaban J connectivity index is 3.01. The molecule has 2 nitrogen and oxygen atoms in total. The molecular formula is C14H24O2. The lowest BCUT2D eigenvalue weighted by molar-refractivity contribution is -0.154. The van der Waals surface area contributed by atoms with Gasteiger partial charge in [0.05, 0.1) is 5.41 Å². The molecule has 0 saturated heterocycles. The zero-order valence-electron chi connectivity index (χ0n) is 11.1. The minimum atomic E-state index is -0.645. The summed E-state index contributed by atoms with van der Waals surface area (Å²) in [4.78, 5) is 11.5. The lowest BCUT2D eigenvalue weighted by Crippen LogP contribution is -2.42. The highest BCUT2D eigenvalue weighted by molar-refractivity contribution is 5.75. The molecule has 1 fully saturated rings. The highest BCUT2D eigenvalue weighted by Crippen LogP contribution is 2.47. The Hall–Kier alpha value is -0.790. The van der Waals surface area contributed by atoms with Crippen LogP contribution in [0.2, 0.25) is 0 Å². The van der Waals surface area contributed by atoms with E-state index in [0.29, 0.717) is 11.8 Å². The van der Waals surface area contributed by atoms with Crippen LogP contribution in [-0.2, 0) is 4.79 Å². The zero-order valence-corrected chi connectivity index (χ0v) is 11.1. The van der Waals surface area contributed by atoms with Gasteiger partial charge in [0.25, 0.3) is 0 Å². The minimum Gasteiger partial charge on any atom is -0.481 e. The van der Waals surface area contributed by atoms with Gasteiger partial charge in [-0.25, -0.2) is 0 Å². The highest BCUT2D eigenvalue weighted by Gasteiger charge is 2.46. The molecule has 92 valence electrons. The molecule has 4 atom stereocenters. The maximum absolute atomic E-state index is 11.5. The first kappa shape index (κ1) is 13.3. The summed E-state index contributed by atoms with van der Waals surface area (Å²) in [6.07, 6.45) is 3.93. The molecule has 1 rings (SSSR count). The van der Waals surface area contributed by atoms with E-state index in [1.54, 1.807) is 0 Å². The molecular weight excluding hydrogens is 200 g/mol. The van der Waals surface area contributed by atoms with Gasteiger partial charge in [-0.15, -0.1) is 0 Å². The first-order chi connectivity index (χ1) is 7.27. The third kappa shape index (κ3) is 2.47. The van der Waals surface area contributed by atoms with E-state index in [9.17, 15) is 9.90 Å². The summed E-state index contributed by atoms with van der Waals surface area (Å²) >= 11 is 0. The molecule has 0 radical (unpaired) electrons. The first-order valence-electron chi connectivity index (χ1n) is 6.15. The summed E-state index contributed by atoms with van der Waals surface area (Å²) in [5.41, 5.74) is 0.641. The van der Waals surface area contributed by atoms with Gasteiger partial charge >= 0.3 is 5.97 Å². The summed E-state index contributed by atoms with van der Waals surface area (Å²) in [7, 11) is 0. The molecule has 16 heavy (non-hydrogen) atoms. The number of carbonyl (C=O) groups is 1. The standard InChI is InChI=1S/C14H24O2/c1-9(2)6-12-7-10(3)11(4)8-14(12,5)13(15)16/h6,10-12H,7-8H2,1-5H3,(H,15,16). The number of aliphatic carboxylic acids is 1. The fraction of sp³-hybridized carbons (Fsp3) is 0.786. The van der Waals surface area contributed by atoms with Crippen LogP contribution >= 0.6 is 0 Å². The van der Waals surface area contributed by atoms with E-state index in [0.717, 1.165) is 12.8 Å². The molecule has 0 aromatic heterocycles. The summed E-state index contributed by atoms with van der Waals surface area (Å²) in [6, 6.07) is 0. The second-order valence-electron chi connectivity index (χ2n) is 5.97. The predicted molar refractivity (Wildman–Crippen MR) is 66.2 cm³/mol. The molecule has 2 heteroatoms. The van der Waals surface area contributed by atoms with E-state index in [4.69, 9.17) is 0 Å². The molecule has 0 bridgehead atoms. The Bertz CT molecular complexity index is 302. The van der Waals surface area contributed by atoms with Crippen molar-refractivity contribution >= 4 is 5.97 Å². The Morgan fingerprint density at radius 1 is 1.31 bits per heavy atom. The maximum atomic E-state index is 11.5. The smallest absolute Gasteiger partial charge is 0.309 e. The van der Waals surface area contributed by atoms with Crippen molar-refractivity contribution in [2.45, 2.75) is 47.5 Å². The predicted octanol–water partition coefficient (Wildman–Crippen LogP) is 3.73. The Morgan fingerprint density at radius 3 is 2.31 bits per heavy atom. The van der Waals surface area contributed by atoms with Crippen molar-refractivity contribution in [1.29, 1.82) is 0 Å². The molecule has 0 aliphatic heterocycles. The van der Waals surface area contributed by atoms with Gasteiger partial charge in [-0.2, -0.15) is 0 Å². The van der Waals surface area contributed by atoms with E-state index in [-0.39, 0.29) is 5.92 Å². The molecule has 1 N–H and O–H groups in total. The van der Waals surface area contributed by atoms with Crippen molar-refractivity contribution in [2.75, 3.05) is 0 Å². The van der Waals surface area contributed by atoms with Crippen LogP contribution in [0.25, 0.3) is 0 Å². The zero-order chi connectivity index (χ0) is 12.5. The molecule has 0 aromatic rings. The largest absolute Gasteiger partial charge is 0.481 e. The maximum Gasteiger partial charge on any atom is 0.309 e. The monoisotopic (exact) mass is 224 g/mol. The van der Waals surface area contributed by atoms with Crippen molar-refractivity contribution in [3.8, 4) is 0 Å². The van der Waals surface area contributed by atoms with Gasteiger partial charge in [0, 0.05) is 0 Å². The molecule has 1 saturated carbocycles. The normalized spacial score (nSPS) is 39.2. The first-order valence-corrected chi connectivity index (χ1v) is 6.15. The van der Waals surface area contributed by atoms with Crippen LogP contribution in [0.5, 0.6) is 0 Å². The highest BCUT2D eigenvalue weighted by atomic mass is 16.4. The summed E-state index contributed by atoms with van der Waals surface area (Å²) in [6.45, 7) is 10.4. The SMILES string of the molecule is CC(C)=CC1CC(C)C(C)CC1(C)C(=O)O. The van der Waals surface area contributed by atoms with E-state index in [1.165, 1.54) is 5.57 Å². The van der Waals surface area contributed by atoms with Gasteiger partial charge in [-0.1, -0.05) is 25.5 Å². The molecule has 0 spiro atoms. The fourth-order valence-corrected chi connectivity index (χ4v) is 2.81. The lowest BCUT2D eigenvalue weighted by atomic mass is 9.60. The molecule has 1 aliphatic rings. The molecule has 0 amide bonds. The van der Waals surface area contributed by atoms with Crippen molar-refractivity contribution in [1.82, 2.24) is 0 Å². The number of carboxylic acids is 1. The quantitative estimate of drug-likeness (QED) is 0.726. The molecule has 1 aliphatic carbocycles. The topological polar surface area (TPSA) is 37.3 Å². The number of carboxylic acid groups (broad SMARTS) is 1. The van der Waals surface area contributed by atoms with E-state index < -0.39 is 11.4 Å². The van der Waals surface area contributed by atoms with Crippen LogP contribution in [0.3, 0.4) is 0 Å². The third-order valence-corrected chi connectivity index (χ3v) is 4.18. The van der Waals surface area contributed by atoms with Crippen LogP contribution in [0, 0.1) is 23.2 Å². The van der Waals surface area contributed by atoms with Gasteiger partial charge in [0.2, 0.25) is 0 Å². The van der Waals surface area contributed by atoms with Crippen LogP contribution in [0.4, 0.5) is 0 Å². The third-order valence-electron chi connectivity index (χ3n) is 4.18. The van der Waals surface area contributed by atoms with Gasteiger partial charge in [0.1, 0.15) is 0 Å².